The number of carbonyl (C=O) groups excluding carboxylic acids is 2. The average Bonchev–Trinajstić information content (AvgIpc) is 3.60. The van der Waals surface area contributed by atoms with Crippen LogP contribution in [0.3, 0.4) is 0 Å². The molecular formula is C30H26N2O4. The molecule has 0 aliphatic carbocycles. The standard InChI is InChI=1S/C30H26N2O4/c33-28-19-18-25(29(27-17-10-20-35-27)31-24-15-8-3-9-16-24)32(28)26(22-11-4-1-5-12-22)21-36-30(34)23-13-6-2-7-14-23/h1-20,25-26,29,31H,21H2/t25-,26+,29-/m1/s1. The van der Waals surface area contributed by atoms with Crippen LogP contribution < -0.4 is 5.32 Å². The lowest BCUT2D eigenvalue weighted by atomic mass is 10.00. The fourth-order valence-electron chi connectivity index (χ4n) is 4.47. The van der Waals surface area contributed by atoms with Crippen LogP contribution in [0.5, 0.6) is 0 Å². The molecule has 2 heterocycles. The summed E-state index contributed by atoms with van der Waals surface area (Å²) in [5, 5.41) is 3.52. The molecule has 3 atom stereocenters. The van der Waals surface area contributed by atoms with E-state index in [1.165, 1.54) is 0 Å². The Balaban J connectivity index is 1.47. The Morgan fingerprint density at radius 1 is 0.889 bits per heavy atom. The molecule has 0 spiro atoms. The second-order valence-electron chi connectivity index (χ2n) is 8.49. The molecule has 6 heteroatoms. The lowest BCUT2D eigenvalue weighted by Gasteiger charge is -2.37. The normalized spacial score (nSPS) is 16.5. The minimum atomic E-state index is -0.499. The molecule has 0 bridgehead atoms. The Morgan fingerprint density at radius 2 is 1.56 bits per heavy atom. The molecular weight excluding hydrogens is 452 g/mol. The third kappa shape index (κ3) is 5.08. The van der Waals surface area contributed by atoms with Crippen LogP contribution in [-0.4, -0.2) is 29.4 Å². The van der Waals surface area contributed by atoms with Crippen molar-refractivity contribution in [3.05, 3.63) is 138 Å². The van der Waals surface area contributed by atoms with E-state index in [9.17, 15) is 9.59 Å². The van der Waals surface area contributed by atoms with Crippen molar-refractivity contribution < 1.29 is 18.7 Å². The number of nitrogens with one attached hydrogen (secondary N) is 1. The quantitative estimate of drug-likeness (QED) is 0.308. The van der Waals surface area contributed by atoms with E-state index in [0.717, 1.165) is 11.3 Å². The Labute approximate surface area is 209 Å². The van der Waals surface area contributed by atoms with Gasteiger partial charge in [0.05, 0.1) is 23.9 Å². The van der Waals surface area contributed by atoms with Crippen molar-refractivity contribution in [3.8, 4) is 0 Å². The molecule has 1 aliphatic rings. The molecule has 4 aromatic rings. The molecule has 0 saturated carbocycles. The molecule has 6 nitrogen and oxygen atoms in total. The number of rotatable bonds is 9. The summed E-state index contributed by atoms with van der Waals surface area (Å²) in [7, 11) is 0. The zero-order valence-electron chi connectivity index (χ0n) is 19.6. The summed E-state index contributed by atoms with van der Waals surface area (Å²) >= 11 is 0. The number of nitrogens with zero attached hydrogens (tertiary/aromatic N) is 1. The van der Waals surface area contributed by atoms with Gasteiger partial charge in [-0.2, -0.15) is 0 Å². The molecule has 0 saturated heterocycles. The highest BCUT2D eigenvalue weighted by atomic mass is 16.5. The van der Waals surface area contributed by atoms with Gasteiger partial charge in [-0.1, -0.05) is 72.8 Å². The molecule has 1 N–H and O–H groups in total. The van der Waals surface area contributed by atoms with Gasteiger partial charge < -0.3 is 19.4 Å². The molecule has 0 radical (unpaired) electrons. The minimum absolute atomic E-state index is 0.0118. The van der Waals surface area contributed by atoms with Crippen LogP contribution in [0, 0.1) is 0 Å². The Bertz CT molecular complexity index is 1310. The maximum absolute atomic E-state index is 13.3. The lowest BCUT2D eigenvalue weighted by Crippen LogP contribution is -2.44. The number of ether oxygens (including phenoxy) is 1. The maximum Gasteiger partial charge on any atom is 0.338 e. The molecule has 5 rings (SSSR count). The fourth-order valence-corrected chi connectivity index (χ4v) is 4.47. The van der Waals surface area contributed by atoms with E-state index in [4.69, 9.17) is 9.15 Å². The summed E-state index contributed by atoms with van der Waals surface area (Å²) in [6, 6.07) is 30.7. The molecule has 0 unspecified atom stereocenters. The Kier molecular flexibility index (Phi) is 6.94. The number of benzene rings is 3. The highest BCUT2D eigenvalue weighted by Gasteiger charge is 2.40. The molecule has 180 valence electrons. The second-order valence-corrected chi connectivity index (χ2v) is 8.49. The van der Waals surface area contributed by atoms with Crippen molar-refractivity contribution in [2.24, 2.45) is 0 Å². The summed E-state index contributed by atoms with van der Waals surface area (Å²) in [6.45, 7) is 0.0118. The highest BCUT2D eigenvalue weighted by molar-refractivity contribution is 5.91. The van der Waals surface area contributed by atoms with Gasteiger partial charge in [-0.15, -0.1) is 0 Å². The highest BCUT2D eigenvalue weighted by Crippen LogP contribution is 2.36. The lowest BCUT2D eigenvalue weighted by molar-refractivity contribution is -0.130. The van der Waals surface area contributed by atoms with Gasteiger partial charge in [0, 0.05) is 11.8 Å². The first-order valence-electron chi connectivity index (χ1n) is 11.8. The first kappa shape index (κ1) is 23.2. The minimum Gasteiger partial charge on any atom is -0.467 e. The fraction of sp³-hybridized carbons (Fsp3) is 0.133. The monoisotopic (exact) mass is 478 g/mol. The molecule has 1 amide bonds. The van der Waals surface area contributed by atoms with Crippen LogP contribution in [0.2, 0.25) is 0 Å². The number of anilines is 1. The van der Waals surface area contributed by atoms with Crippen molar-refractivity contribution in [3.63, 3.8) is 0 Å². The van der Waals surface area contributed by atoms with Crippen molar-refractivity contribution in [1.82, 2.24) is 4.90 Å². The zero-order valence-corrected chi connectivity index (χ0v) is 19.6. The first-order chi connectivity index (χ1) is 17.7. The van der Waals surface area contributed by atoms with Crippen LogP contribution >= 0.6 is 0 Å². The third-order valence-corrected chi connectivity index (χ3v) is 6.20. The van der Waals surface area contributed by atoms with Crippen molar-refractivity contribution in [2.45, 2.75) is 18.1 Å². The summed E-state index contributed by atoms with van der Waals surface area (Å²) in [5.41, 5.74) is 2.24. The van der Waals surface area contributed by atoms with E-state index in [-0.39, 0.29) is 24.6 Å². The molecule has 1 aromatic heterocycles. The molecule has 1 aliphatic heterocycles. The van der Waals surface area contributed by atoms with Gasteiger partial charge in [-0.05, 0) is 42.0 Å². The van der Waals surface area contributed by atoms with Crippen LogP contribution in [-0.2, 0) is 9.53 Å². The Hall–Kier alpha value is -4.58. The van der Waals surface area contributed by atoms with Crippen LogP contribution in [0.1, 0.15) is 33.8 Å². The van der Waals surface area contributed by atoms with E-state index in [0.29, 0.717) is 11.3 Å². The third-order valence-electron chi connectivity index (χ3n) is 6.20. The van der Waals surface area contributed by atoms with Gasteiger partial charge in [-0.3, -0.25) is 4.79 Å². The number of hydrogen-bond acceptors (Lipinski definition) is 5. The molecule has 36 heavy (non-hydrogen) atoms. The number of amides is 1. The molecule has 0 fully saturated rings. The summed E-state index contributed by atoms with van der Waals surface area (Å²) in [6.07, 6.45) is 5.07. The van der Waals surface area contributed by atoms with E-state index in [1.807, 2.05) is 84.9 Å². The van der Waals surface area contributed by atoms with Crippen molar-refractivity contribution in [1.29, 1.82) is 0 Å². The molecule has 3 aromatic carbocycles. The first-order valence-corrected chi connectivity index (χ1v) is 11.8. The van der Waals surface area contributed by atoms with Gasteiger partial charge in [0.1, 0.15) is 18.4 Å². The smallest absolute Gasteiger partial charge is 0.338 e. The van der Waals surface area contributed by atoms with Crippen molar-refractivity contribution >= 4 is 17.6 Å². The predicted molar refractivity (Wildman–Crippen MR) is 137 cm³/mol. The van der Waals surface area contributed by atoms with E-state index in [2.05, 4.69) is 5.32 Å². The van der Waals surface area contributed by atoms with Gasteiger partial charge in [0.2, 0.25) is 5.91 Å². The van der Waals surface area contributed by atoms with E-state index >= 15 is 0 Å². The summed E-state index contributed by atoms with van der Waals surface area (Å²) in [4.78, 5) is 27.8. The topological polar surface area (TPSA) is 71.8 Å². The van der Waals surface area contributed by atoms with Gasteiger partial charge in [-0.25, -0.2) is 4.79 Å². The van der Waals surface area contributed by atoms with E-state index < -0.39 is 12.0 Å². The SMILES string of the molecule is O=C(OC[C@@H](c1ccccc1)N1C(=O)C=C[C@@H]1[C@@H](Nc1ccccc1)c1ccco1)c1ccccc1. The average molecular weight is 479 g/mol. The van der Waals surface area contributed by atoms with Gasteiger partial charge in [0.15, 0.2) is 0 Å². The number of esters is 1. The van der Waals surface area contributed by atoms with Crippen molar-refractivity contribution in [2.75, 3.05) is 11.9 Å². The summed E-state index contributed by atoms with van der Waals surface area (Å²) in [5.74, 6) is 0.106. The van der Waals surface area contributed by atoms with Crippen LogP contribution in [0.4, 0.5) is 5.69 Å². The number of para-hydroxylation sites is 1. The van der Waals surface area contributed by atoms with Gasteiger partial charge in [0.25, 0.3) is 0 Å². The van der Waals surface area contributed by atoms with Gasteiger partial charge >= 0.3 is 5.97 Å². The Morgan fingerprint density at radius 3 is 2.22 bits per heavy atom. The van der Waals surface area contributed by atoms with E-state index in [1.54, 1.807) is 41.5 Å². The number of carbonyl (C=O) groups is 2. The number of hydrogen-bond donors (Lipinski definition) is 1. The predicted octanol–water partition coefficient (Wildman–Crippen LogP) is 5.80. The largest absolute Gasteiger partial charge is 0.467 e. The zero-order chi connectivity index (χ0) is 24.7. The number of furan rings is 1. The summed E-state index contributed by atoms with van der Waals surface area (Å²) < 4.78 is 11.5. The maximum atomic E-state index is 13.3. The van der Waals surface area contributed by atoms with Crippen LogP contribution in [0.15, 0.2) is 126 Å². The van der Waals surface area contributed by atoms with Crippen LogP contribution in [0.25, 0.3) is 0 Å². The second kappa shape index (κ2) is 10.8.